The number of anilines is 2. The molecule has 0 radical (unpaired) electrons. The number of aryl methyl sites for hydroxylation is 1. The second kappa shape index (κ2) is 9.23. The number of halogens is 3. The zero-order valence-corrected chi connectivity index (χ0v) is 20.5. The lowest BCUT2D eigenvalue weighted by atomic mass is 9.81. The molecule has 1 saturated carbocycles. The third kappa shape index (κ3) is 5.73. The predicted octanol–water partition coefficient (Wildman–Crippen LogP) is 6.76. The monoisotopic (exact) mass is 473 g/mol. The van der Waals surface area contributed by atoms with Crippen LogP contribution in [-0.2, 0) is 17.8 Å². The van der Waals surface area contributed by atoms with Gasteiger partial charge in [-0.05, 0) is 72.4 Å². The minimum absolute atomic E-state index is 0.0591. The molecule has 1 aliphatic carbocycles. The zero-order valence-electron chi connectivity index (χ0n) is 20.5. The minimum Gasteiger partial charge on any atom is -0.352 e. The SMILES string of the molecule is Cc1nc(N2CCc3cc(F)ccc3C2)cc(C2CCC(F)(F)CC2)c1NC(=O)CC(C)(C)C. The lowest BCUT2D eigenvalue weighted by Gasteiger charge is -2.33. The predicted molar refractivity (Wildman–Crippen MR) is 129 cm³/mol. The van der Waals surface area contributed by atoms with Gasteiger partial charge in [-0.15, -0.1) is 0 Å². The van der Waals surface area contributed by atoms with E-state index < -0.39 is 5.92 Å². The normalized spacial score (nSPS) is 18.5. The van der Waals surface area contributed by atoms with Crippen LogP contribution in [0.3, 0.4) is 0 Å². The average Bonchev–Trinajstić information content (AvgIpc) is 2.73. The Labute approximate surface area is 200 Å². The number of nitrogens with zero attached hydrogens (tertiary/aromatic N) is 2. The molecule has 1 aromatic heterocycles. The van der Waals surface area contributed by atoms with E-state index in [-0.39, 0.29) is 35.9 Å². The number of aromatic nitrogens is 1. The first-order valence-electron chi connectivity index (χ1n) is 12.1. The molecule has 2 aliphatic rings. The number of alkyl halides is 2. The smallest absolute Gasteiger partial charge is 0.248 e. The van der Waals surface area contributed by atoms with Gasteiger partial charge in [0.2, 0.25) is 11.8 Å². The summed E-state index contributed by atoms with van der Waals surface area (Å²) in [6, 6.07) is 6.85. The number of hydrogen-bond donors (Lipinski definition) is 1. The topological polar surface area (TPSA) is 45.2 Å². The molecule has 0 spiro atoms. The molecule has 4 rings (SSSR count). The van der Waals surface area contributed by atoms with Crippen molar-refractivity contribution in [3.63, 3.8) is 0 Å². The Morgan fingerprint density at radius 3 is 2.56 bits per heavy atom. The average molecular weight is 474 g/mol. The summed E-state index contributed by atoms with van der Waals surface area (Å²) < 4.78 is 41.4. The zero-order chi connectivity index (χ0) is 24.7. The molecule has 1 amide bonds. The molecule has 0 atom stereocenters. The van der Waals surface area contributed by atoms with E-state index in [0.29, 0.717) is 50.2 Å². The van der Waals surface area contributed by atoms with E-state index in [1.54, 1.807) is 6.07 Å². The number of amides is 1. The van der Waals surface area contributed by atoms with Gasteiger partial charge in [0.1, 0.15) is 11.6 Å². The fourth-order valence-corrected chi connectivity index (χ4v) is 5.06. The van der Waals surface area contributed by atoms with Gasteiger partial charge in [-0.3, -0.25) is 4.79 Å². The number of rotatable bonds is 4. The summed E-state index contributed by atoms with van der Waals surface area (Å²) in [7, 11) is 0. The minimum atomic E-state index is -2.62. The number of fused-ring (bicyclic) bond motifs is 1. The van der Waals surface area contributed by atoms with Crippen molar-refractivity contribution in [3.8, 4) is 0 Å². The van der Waals surface area contributed by atoms with Crippen LogP contribution in [0.5, 0.6) is 0 Å². The third-order valence-electron chi connectivity index (χ3n) is 6.83. The van der Waals surface area contributed by atoms with E-state index in [1.807, 2.05) is 39.8 Å². The first-order chi connectivity index (χ1) is 15.9. The van der Waals surface area contributed by atoms with Crippen LogP contribution in [0.15, 0.2) is 24.3 Å². The van der Waals surface area contributed by atoms with Gasteiger partial charge >= 0.3 is 0 Å². The molecule has 1 aliphatic heterocycles. The lowest BCUT2D eigenvalue weighted by Crippen LogP contribution is -2.32. The molecule has 2 aromatic rings. The maximum atomic E-state index is 13.9. The van der Waals surface area contributed by atoms with Crippen LogP contribution in [0.4, 0.5) is 24.7 Å². The summed E-state index contributed by atoms with van der Waals surface area (Å²) in [6.07, 6.45) is 1.53. The number of pyridine rings is 1. The van der Waals surface area contributed by atoms with Crippen LogP contribution in [0.1, 0.15) is 81.2 Å². The lowest BCUT2D eigenvalue weighted by molar-refractivity contribution is -0.117. The van der Waals surface area contributed by atoms with E-state index in [2.05, 4.69) is 10.2 Å². The van der Waals surface area contributed by atoms with Gasteiger partial charge < -0.3 is 10.2 Å². The molecule has 0 bridgehead atoms. The molecular weight excluding hydrogens is 439 g/mol. The van der Waals surface area contributed by atoms with Gasteiger partial charge in [-0.25, -0.2) is 18.2 Å². The van der Waals surface area contributed by atoms with Gasteiger partial charge in [-0.2, -0.15) is 0 Å². The number of hydrogen-bond acceptors (Lipinski definition) is 3. The maximum Gasteiger partial charge on any atom is 0.248 e. The Hall–Kier alpha value is -2.57. The molecule has 0 saturated heterocycles. The molecule has 2 heterocycles. The Bertz CT molecular complexity index is 1070. The van der Waals surface area contributed by atoms with E-state index in [1.165, 1.54) is 6.07 Å². The summed E-state index contributed by atoms with van der Waals surface area (Å²) in [5, 5.41) is 3.06. The van der Waals surface area contributed by atoms with Crippen LogP contribution < -0.4 is 10.2 Å². The van der Waals surface area contributed by atoms with Crippen molar-refractivity contribution in [1.82, 2.24) is 4.98 Å². The molecule has 1 aromatic carbocycles. The largest absolute Gasteiger partial charge is 0.352 e. The Balaban J connectivity index is 1.66. The second-order valence-corrected chi connectivity index (χ2v) is 11.0. The second-order valence-electron chi connectivity index (χ2n) is 11.0. The molecule has 7 heteroatoms. The van der Waals surface area contributed by atoms with E-state index >= 15 is 0 Å². The molecule has 1 fully saturated rings. The van der Waals surface area contributed by atoms with E-state index in [9.17, 15) is 18.0 Å². The summed E-state index contributed by atoms with van der Waals surface area (Å²) >= 11 is 0. The summed E-state index contributed by atoms with van der Waals surface area (Å²) in [6.45, 7) is 9.19. The molecule has 4 nitrogen and oxygen atoms in total. The van der Waals surface area contributed by atoms with Gasteiger partial charge in [-0.1, -0.05) is 26.8 Å². The first kappa shape index (κ1) is 24.6. The van der Waals surface area contributed by atoms with Gasteiger partial charge in [0, 0.05) is 32.4 Å². The number of carbonyl (C=O) groups is 1. The van der Waals surface area contributed by atoms with Crippen LogP contribution >= 0.6 is 0 Å². The Morgan fingerprint density at radius 2 is 1.88 bits per heavy atom. The van der Waals surface area contributed by atoms with Gasteiger partial charge in [0.25, 0.3) is 0 Å². The maximum absolute atomic E-state index is 13.9. The van der Waals surface area contributed by atoms with Crippen molar-refractivity contribution in [2.75, 3.05) is 16.8 Å². The highest BCUT2D eigenvalue weighted by molar-refractivity contribution is 5.92. The number of carbonyl (C=O) groups excluding carboxylic acids is 1. The van der Waals surface area contributed by atoms with Crippen molar-refractivity contribution in [3.05, 3.63) is 52.5 Å². The van der Waals surface area contributed by atoms with Crippen LogP contribution in [0.25, 0.3) is 0 Å². The van der Waals surface area contributed by atoms with Gasteiger partial charge in [0.15, 0.2) is 0 Å². The first-order valence-corrected chi connectivity index (χ1v) is 12.1. The number of nitrogens with one attached hydrogen (secondary N) is 1. The summed E-state index contributed by atoms with van der Waals surface area (Å²) in [5.74, 6) is -2.23. The van der Waals surface area contributed by atoms with Crippen LogP contribution in [-0.4, -0.2) is 23.4 Å². The van der Waals surface area contributed by atoms with Gasteiger partial charge in [0.05, 0.1) is 11.4 Å². The Kier molecular flexibility index (Phi) is 6.67. The van der Waals surface area contributed by atoms with Crippen molar-refractivity contribution in [1.29, 1.82) is 0 Å². The molecular formula is C27H34F3N3O. The van der Waals surface area contributed by atoms with E-state index in [0.717, 1.165) is 22.5 Å². The highest BCUT2D eigenvalue weighted by Crippen LogP contribution is 2.44. The number of benzene rings is 1. The van der Waals surface area contributed by atoms with Crippen LogP contribution in [0, 0.1) is 18.2 Å². The summed E-state index contributed by atoms with van der Waals surface area (Å²) in [4.78, 5) is 19.7. The molecule has 184 valence electrons. The van der Waals surface area contributed by atoms with Crippen molar-refractivity contribution < 1.29 is 18.0 Å². The highest BCUT2D eigenvalue weighted by atomic mass is 19.3. The van der Waals surface area contributed by atoms with Crippen molar-refractivity contribution in [2.24, 2.45) is 5.41 Å². The standard InChI is InChI=1S/C27H34F3N3O/c1-17-25(32-24(34)15-26(2,3)4)22(18-7-10-27(29,30)11-8-18)14-23(31-17)33-12-9-19-13-21(28)6-5-20(19)16-33/h5-6,13-14,18H,7-12,15-16H2,1-4H3,(H,32,34). The molecule has 34 heavy (non-hydrogen) atoms. The van der Waals surface area contributed by atoms with Crippen molar-refractivity contribution in [2.45, 2.75) is 84.6 Å². The van der Waals surface area contributed by atoms with Crippen LogP contribution in [0.2, 0.25) is 0 Å². The fraction of sp³-hybridized carbons (Fsp3) is 0.556. The fourth-order valence-electron chi connectivity index (χ4n) is 5.06. The Morgan fingerprint density at radius 1 is 1.18 bits per heavy atom. The third-order valence-corrected chi connectivity index (χ3v) is 6.83. The van der Waals surface area contributed by atoms with E-state index in [4.69, 9.17) is 4.98 Å². The summed E-state index contributed by atoms with van der Waals surface area (Å²) in [5.41, 5.74) is 4.15. The quantitative estimate of drug-likeness (QED) is 0.534. The molecule has 1 N–H and O–H groups in total. The highest BCUT2D eigenvalue weighted by Gasteiger charge is 2.37. The molecule has 0 unspecified atom stereocenters. The van der Waals surface area contributed by atoms with Crippen molar-refractivity contribution >= 4 is 17.4 Å².